The second-order valence-electron chi connectivity index (χ2n) is 3.22. The number of amides is 1. The summed E-state index contributed by atoms with van der Waals surface area (Å²) in [5.74, 6) is -2.42. The van der Waals surface area contributed by atoms with Crippen LogP contribution in [-0.2, 0) is 4.79 Å². The molecule has 0 bridgehead atoms. The number of nitrogens with one attached hydrogen (secondary N) is 3. The average Bonchev–Trinajstić information content (AvgIpc) is 2.14. The third-order valence-electron chi connectivity index (χ3n) is 2.11. The summed E-state index contributed by atoms with van der Waals surface area (Å²) in [6, 6.07) is -1.26. The first-order valence-corrected chi connectivity index (χ1v) is 4.46. The smallest absolute Gasteiger partial charge is 0.238 e. The Kier molecular flexibility index (Phi) is 5.00. The molecule has 0 radical (unpaired) electrons. The molecule has 0 rings (SSSR count). The maximum Gasteiger partial charge on any atom is 0.238 e. The van der Waals surface area contributed by atoms with E-state index in [1.165, 1.54) is 7.05 Å². The molecule has 14 heavy (non-hydrogen) atoms. The summed E-state index contributed by atoms with van der Waals surface area (Å²) in [4.78, 5) is 11.1. The van der Waals surface area contributed by atoms with Crippen LogP contribution < -0.4 is 16.0 Å². The van der Waals surface area contributed by atoms with Gasteiger partial charge >= 0.3 is 0 Å². The van der Waals surface area contributed by atoms with E-state index < -0.39 is 18.0 Å². The number of hydrogen-bond donors (Lipinski definition) is 5. The van der Waals surface area contributed by atoms with Gasteiger partial charge in [0.15, 0.2) is 0 Å². The molecule has 84 valence electrons. The van der Waals surface area contributed by atoms with Crippen LogP contribution in [0.1, 0.15) is 13.8 Å². The number of carbonyl (C=O) groups excluding carboxylic acids is 1. The second-order valence-corrected chi connectivity index (χ2v) is 3.22. The molecule has 2 atom stereocenters. The highest BCUT2D eigenvalue weighted by atomic mass is 16.5. The largest absolute Gasteiger partial charge is 0.358 e. The predicted molar refractivity (Wildman–Crippen MR) is 52.4 cm³/mol. The lowest BCUT2D eigenvalue weighted by Gasteiger charge is -2.31. The van der Waals surface area contributed by atoms with Crippen LogP contribution in [0, 0.1) is 0 Å². The molecule has 0 saturated carbocycles. The van der Waals surface area contributed by atoms with E-state index in [1.807, 2.05) is 0 Å². The average molecular weight is 205 g/mol. The third-order valence-corrected chi connectivity index (χ3v) is 2.11. The van der Waals surface area contributed by atoms with Gasteiger partial charge in [0.25, 0.3) is 0 Å². The molecular formula is C8H19N3O3. The van der Waals surface area contributed by atoms with Gasteiger partial charge < -0.3 is 20.8 Å². The van der Waals surface area contributed by atoms with Crippen LogP contribution in [0.3, 0.4) is 0 Å². The van der Waals surface area contributed by atoms with Gasteiger partial charge in [-0.3, -0.25) is 10.1 Å². The van der Waals surface area contributed by atoms with Crippen molar-refractivity contribution >= 4 is 5.91 Å². The van der Waals surface area contributed by atoms with Gasteiger partial charge in [-0.15, -0.1) is 0 Å². The first-order valence-electron chi connectivity index (χ1n) is 4.46. The number of rotatable bonds is 5. The van der Waals surface area contributed by atoms with Gasteiger partial charge in [0.2, 0.25) is 11.8 Å². The Labute approximate surface area is 83.7 Å². The van der Waals surface area contributed by atoms with Crippen LogP contribution in [0.5, 0.6) is 0 Å². The minimum absolute atomic E-state index is 0.305. The molecule has 0 aromatic heterocycles. The quantitative estimate of drug-likeness (QED) is 0.333. The van der Waals surface area contributed by atoms with E-state index in [4.69, 9.17) is 0 Å². The van der Waals surface area contributed by atoms with E-state index in [2.05, 4.69) is 16.0 Å². The summed E-state index contributed by atoms with van der Waals surface area (Å²) < 4.78 is 0. The van der Waals surface area contributed by atoms with E-state index in [-0.39, 0.29) is 5.91 Å². The molecule has 6 heteroatoms. The van der Waals surface area contributed by atoms with Gasteiger partial charge in [0, 0.05) is 7.05 Å². The van der Waals surface area contributed by atoms with Gasteiger partial charge in [-0.25, -0.2) is 0 Å². The van der Waals surface area contributed by atoms with E-state index in [0.717, 1.165) is 0 Å². The van der Waals surface area contributed by atoms with Crippen LogP contribution >= 0.6 is 0 Å². The topological polar surface area (TPSA) is 93.6 Å². The fraction of sp³-hybridized carbons (Fsp3) is 0.875. The Morgan fingerprint density at radius 1 is 1.29 bits per heavy atom. The minimum atomic E-state index is -2.11. The normalized spacial score (nSPS) is 16.1. The fourth-order valence-electron chi connectivity index (χ4n) is 0.927. The maximum absolute atomic E-state index is 11.1. The molecule has 0 aromatic rings. The second kappa shape index (κ2) is 5.26. The van der Waals surface area contributed by atoms with Crippen LogP contribution in [-0.4, -0.2) is 48.2 Å². The van der Waals surface area contributed by atoms with Crippen molar-refractivity contribution in [2.45, 2.75) is 31.8 Å². The Morgan fingerprint density at radius 3 is 2.14 bits per heavy atom. The van der Waals surface area contributed by atoms with E-state index >= 15 is 0 Å². The van der Waals surface area contributed by atoms with E-state index in [1.54, 1.807) is 20.9 Å². The summed E-state index contributed by atoms with van der Waals surface area (Å²) in [7, 11) is 3.08. The van der Waals surface area contributed by atoms with Crippen molar-refractivity contribution in [1.82, 2.24) is 16.0 Å². The lowest BCUT2D eigenvalue weighted by Crippen LogP contribution is -2.62. The zero-order chi connectivity index (χ0) is 11.4. The minimum Gasteiger partial charge on any atom is -0.358 e. The first kappa shape index (κ1) is 13.3. The van der Waals surface area contributed by atoms with Gasteiger partial charge in [0.1, 0.15) is 0 Å². The standard InChI is InChI=1S/C8H19N3O3/c1-5(7(12)10-4)11-8(13,14)6(2)9-3/h5-6,9,11,13-14H,1-4H3,(H,10,12). The Hall–Kier alpha value is -0.690. The van der Waals surface area contributed by atoms with Crippen molar-refractivity contribution in [3.05, 3.63) is 0 Å². The van der Waals surface area contributed by atoms with Crippen molar-refractivity contribution in [2.75, 3.05) is 14.1 Å². The number of aliphatic hydroxyl groups is 2. The molecule has 0 heterocycles. The molecule has 0 fully saturated rings. The summed E-state index contributed by atoms with van der Waals surface area (Å²) in [6.07, 6.45) is 0. The molecule has 6 nitrogen and oxygen atoms in total. The maximum atomic E-state index is 11.1. The number of likely N-dealkylation sites (N-methyl/N-ethyl adjacent to an activating group) is 2. The zero-order valence-corrected chi connectivity index (χ0v) is 8.96. The van der Waals surface area contributed by atoms with Crippen molar-refractivity contribution in [2.24, 2.45) is 0 Å². The van der Waals surface area contributed by atoms with Gasteiger partial charge in [-0.1, -0.05) is 0 Å². The molecule has 1 amide bonds. The highest BCUT2D eigenvalue weighted by Crippen LogP contribution is 2.02. The molecule has 0 aliphatic heterocycles. The van der Waals surface area contributed by atoms with Crippen molar-refractivity contribution in [3.8, 4) is 0 Å². The van der Waals surface area contributed by atoms with Gasteiger partial charge in [0.05, 0.1) is 12.1 Å². The number of carbonyl (C=O) groups is 1. The molecule has 0 aliphatic carbocycles. The first-order chi connectivity index (χ1) is 6.35. The molecule has 0 spiro atoms. The Bertz CT molecular complexity index is 196. The van der Waals surface area contributed by atoms with Crippen molar-refractivity contribution in [1.29, 1.82) is 0 Å². The monoisotopic (exact) mass is 205 g/mol. The highest BCUT2D eigenvalue weighted by Gasteiger charge is 2.32. The van der Waals surface area contributed by atoms with Crippen LogP contribution in [0.2, 0.25) is 0 Å². The Balaban J connectivity index is 4.27. The zero-order valence-electron chi connectivity index (χ0n) is 8.96. The van der Waals surface area contributed by atoms with Crippen molar-refractivity contribution < 1.29 is 15.0 Å². The van der Waals surface area contributed by atoms with Crippen molar-refractivity contribution in [3.63, 3.8) is 0 Å². The third kappa shape index (κ3) is 3.59. The molecule has 0 saturated heterocycles. The van der Waals surface area contributed by atoms with E-state index in [9.17, 15) is 15.0 Å². The molecule has 5 N–H and O–H groups in total. The number of hydrogen-bond acceptors (Lipinski definition) is 5. The molecule has 0 aromatic carbocycles. The summed E-state index contributed by atoms with van der Waals surface area (Å²) in [6.45, 7) is 3.13. The molecule has 0 aliphatic rings. The summed E-state index contributed by atoms with van der Waals surface area (Å²) in [5.41, 5.74) is 0. The summed E-state index contributed by atoms with van der Waals surface area (Å²) in [5, 5.41) is 26.5. The van der Waals surface area contributed by atoms with Gasteiger partial charge in [-0.2, -0.15) is 0 Å². The Morgan fingerprint density at radius 2 is 1.79 bits per heavy atom. The highest BCUT2D eigenvalue weighted by molar-refractivity contribution is 5.80. The fourth-order valence-corrected chi connectivity index (χ4v) is 0.927. The SMILES string of the molecule is CNC(=O)C(C)NC(O)(O)C(C)NC. The van der Waals surface area contributed by atoms with E-state index in [0.29, 0.717) is 0 Å². The molecule has 2 unspecified atom stereocenters. The molecular weight excluding hydrogens is 186 g/mol. The lowest BCUT2D eigenvalue weighted by molar-refractivity contribution is -0.207. The van der Waals surface area contributed by atoms with Crippen LogP contribution in [0.15, 0.2) is 0 Å². The van der Waals surface area contributed by atoms with Crippen LogP contribution in [0.4, 0.5) is 0 Å². The predicted octanol–water partition coefficient (Wildman–Crippen LogP) is -2.04. The summed E-state index contributed by atoms with van der Waals surface area (Å²) >= 11 is 0. The lowest BCUT2D eigenvalue weighted by atomic mass is 10.2. The van der Waals surface area contributed by atoms with Crippen LogP contribution in [0.25, 0.3) is 0 Å². The van der Waals surface area contributed by atoms with Gasteiger partial charge in [-0.05, 0) is 20.9 Å².